The third-order valence-corrected chi connectivity index (χ3v) is 4.29. The fraction of sp³-hybridized carbons (Fsp3) is 0.333. The van der Waals surface area contributed by atoms with Crippen molar-refractivity contribution in [1.82, 2.24) is 5.32 Å². The van der Waals surface area contributed by atoms with Gasteiger partial charge in [-0.3, -0.25) is 0 Å². The molecule has 0 saturated carbocycles. The van der Waals surface area contributed by atoms with E-state index >= 15 is 0 Å². The highest BCUT2D eigenvalue weighted by molar-refractivity contribution is 5.35. The molecule has 2 aromatic rings. The maximum atomic E-state index is 13.3. The summed E-state index contributed by atoms with van der Waals surface area (Å²) < 4.78 is 13.3. The maximum absolute atomic E-state index is 13.3. The van der Waals surface area contributed by atoms with Gasteiger partial charge < -0.3 is 10.4 Å². The van der Waals surface area contributed by atoms with Gasteiger partial charge in [-0.2, -0.15) is 0 Å². The molecule has 2 atom stereocenters. The molecule has 0 spiro atoms. The number of phenolic OH excluding ortho intramolecular Hbond substituents is 1. The highest BCUT2D eigenvalue weighted by Gasteiger charge is 2.21. The fourth-order valence-corrected chi connectivity index (χ4v) is 3.16. The third kappa shape index (κ3) is 3.08. The van der Waals surface area contributed by atoms with Crippen LogP contribution < -0.4 is 5.32 Å². The van der Waals surface area contributed by atoms with Crippen LogP contribution in [0.2, 0.25) is 0 Å². The Labute approximate surface area is 124 Å². The Balaban J connectivity index is 1.71. The Morgan fingerprint density at radius 3 is 2.76 bits per heavy atom. The molecule has 110 valence electrons. The van der Waals surface area contributed by atoms with Gasteiger partial charge >= 0.3 is 0 Å². The topological polar surface area (TPSA) is 32.3 Å². The highest BCUT2D eigenvalue weighted by Crippen LogP contribution is 2.27. The van der Waals surface area contributed by atoms with E-state index in [1.807, 2.05) is 6.92 Å². The predicted molar refractivity (Wildman–Crippen MR) is 81.9 cm³/mol. The van der Waals surface area contributed by atoms with Crippen molar-refractivity contribution in [3.05, 3.63) is 65.0 Å². The minimum absolute atomic E-state index is 0.0732. The standard InChI is InChI=1S/C18H20FNO/c1-12(17-11-15(19)7-9-18(17)21)20-16-8-6-13-4-2-3-5-14(13)10-16/h2-5,7,9,11-12,16,20-21H,6,8,10H2,1H3. The molecule has 1 aliphatic carbocycles. The highest BCUT2D eigenvalue weighted by atomic mass is 19.1. The van der Waals surface area contributed by atoms with Crippen molar-refractivity contribution in [1.29, 1.82) is 0 Å². The molecule has 0 amide bonds. The van der Waals surface area contributed by atoms with E-state index in [1.165, 1.54) is 29.3 Å². The number of nitrogens with one attached hydrogen (secondary N) is 1. The summed E-state index contributed by atoms with van der Waals surface area (Å²) >= 11 is 0. The molecular formula is C18H20FNO. The molecule has 3 heteroatoms. The predicted octanol–water partition coefficient (Wildman–Crippen LogP) is 3.74. The number of hydrogen-bond donors (Lipinski definition) is 2. The molecule has 0 aromatic heterocycles. The number of halogens is 1. The number of aromatic hydroxyl groups is 1. The number of rotatable bonds is 3. The first-order valence-corrected chi connectivity index (χ1v) is 7.44. The van der Waals surface area contributed by atoms with Crippen molar-refractivity contribution in [3.63, 3.8) is 0 Å². The molecule has 21 heavy (non-hydrogen) atoms. The number of hydrogen-bond acceptors (Lipinski definition) is 2. The van der Waals surface area contributed by atoms with Crippen LogP contribution in [0.3, 0.4) is 0 Å². The molecule has 2 nitrogen and oxygen atoms in total. The van der Waals surface area contributed by atoms with Gasteiger partial charge in [-0.05, 0) is 55.5 Å². The van der Waals surface area contributed by atoms with Gasteiger partial charge in [0.15, 0.2) is 0 Å². The van der Waals surface area contributed by atoms with E-state index < -0.39 is 0 Å². The number of fused-ring (bicyclic) bond motifs is 1. The zero-order valence-corrected chi connectivity index (χ0v) is 12.1. The Kier molecular flexibility index (Phi) is 3.93. The van der Waals surface area contributed by atoms with Crippen LogP contribution in [-0.2, 0) is 12.8 Å². The quantitative estimate of drug-likeness (QED) is 0.900. The SMILES string of the molecule is CC(NC1CCc2ccccc2C1)c1cc(F)ccc1O. The second-order valence-electron chi connectivity index (χ2n) is 5.80. The second-order valence-corrected chi connectivity index (χ2v) is 5.80. The monoisotopic (exact) mass is 285 g/mol. The van der Waals surface area contributed by atoms with E-state index in [9.17, 15) is 9.50 Å². The Morgan fingerprint density at radius 2 is 1.95 bits per heavy atom. The van der Waals surface area contributed by atoms with Gasteiger partial charge in [-0.25, -0.2) is 4.39 Å². The van der Waals surface area contributed by atoms with Crippen molar-refractivity contribution in [2.75, 3.05) is 0 Å². The Bertz CT molecular complexity index is 641. The summed E-state index contributed by atoms with van der Waals surface area (Å²) in [5.41, 5.74) is 3.43. The van der Waals surface area contributed by atoms with Crippen LogP contribution in [0, 0.1) is 5.82 Å². The lowest BCUT2D eigenvalue weighted by molar-refractivity contribution is 0.397. The molecule has 0 fully saturated rings. The molecule has 2 N–H and O–H groups in total. The number of aryl methyl sites for hydroxylation is 1. The lowest BCUT2D eigenvalue weighted by Gasteiger charge is -2.29. The molecule has 1 aliphatic rings. The van der Waals surface area contributed by atoms with E-state index in [4.69, 9.17) is 0 Å². The largest absolute Gasteiger partial charge is 0.508 e. The van der Waals surface area contributed by atoms with Crippen molar-refractivity contribution < 1.29 is 9.50 Å². The van der Waals surface area contributed by atoms with Crippen molar-refractivity contribution in [2.24, 2.45) is 0 Å². The van der Waals surface area contributed by atoms with E-state index in [1.54, 1.807) is 0 Å². The number of phenols is 1. The van der Waals surface area contributed by atoms with Crippen molar-refractivity contribution >= 4 is 0 Å². The first kappa shape index (κ1) is 14.1. The van der Waals surface area contributed by atoms with Crippen LogP contribution in [0.4, 0.5) is 4.39 Å². The van der Waals surface area contributed by atoms with E-state index in [0.29, 0.717) is 11.6 Å². The van der Waals surface area contributed by atoms with Crippen LogP contribution in [0.1, 0.15) is 36.1 Å². The van der Waals surface area contributed by atoms with Gasteiger partial charge in [-0.15, -0.1) is 0 Å². The van der Waals surface area contributed by atoms with Crippen LogP contribution in [-0.4, -0.2) is 11.1 Å². The van der Waals surface area contributed by atoms with E-state index in [2.05, 4.69) is 29.6 Å². The molecular weight excluding hydrogens is 265 g/mol. The summed E-state index contributed by atoms with van der Waals surface area (Å²) in [6, 6.07) is 12.9. The minimum atomic E-state index is -0.314. The lowest BCUT2D eigenvalue weighted by Crippen LogP contribution is -2.36. The fourth-order valence-electron chi connectivity index (χ4n) is 3.16. The Morgan fingerprint density at radius 1 is 1.19 bits per heavy atom. The normalized spacial score (nSPS) is 19.0. The summed E-state index contributed by atoms with van der Waals surface area (Å²) in [5, 5.41) is 13.4. The lowest BCUT2D eigenvalue weighted by atomic mass is 9.88. The van der Waals surface area contributed by atoms with Crippen molar-refractivity contribution in [3.8, 4) is 5.75 Å². The first-order valence-electron chi connectivity index (χ1n) is 7.44. The van der Waals surface area contributed by atoms with Gasteiger partial charge in [0.25, 0.3) is 0 Å². The van der Waals surface area contributed by atoms with Gasteiger partial charge in [0, 0.05) is 17.6 Å². The Hall–Kier alpha value is -1.87. The maximum Gasteiger partial charge on any atom is 0.123 e. The van der Waals surface area contributed by atoms with Gasteiger partial charge in [0.05, 0.1) is 0 Å². The second kappa shape index (κ2) is 5.86. The van der Waals surface area contributed by atoms with Crippen molar-refractivity contribution in [2.45, 2.75) is 38.3 Å². The summed E-state index contributed by atoms with van der Waals surface area (Å²) in [6.07, 6.45) is 3.11. The van der Waals surface area contributed by atoms with Gasteiger partial charge in [0.2, 0.25) is 0 Å². The minimum Gasteiger partial charge on any atom is -0.508 e. The van der Waals surface area contributed by atoms with Crippen LogP contribution >= 0.6 is 0 Å². The molecule has 0 aliphatic heterocycles. The summed E-state index contributed by atoms with van der Waals surface area (Å²) in [4.78, 5) is 0. The molecule has 0 saturated heterocycles. The van der Waals surface area contributed by atoms with Crippen LogP contribution in [0.25, 0.3) is 0 Å². The molecule has 2 unspecified atom stereocenters. The van der Waals surface area contributed by atoms with Gasteiger partial charge in [0.1, 0.15) is 11.6 Å². The average Bonchev–Trinajstić information content (AvgIpc) is 2.49. The molecule has 0 bridgehead atoms. The smallest absolute Gasteiger partial charge is 0.123 e. The molecule has 2 aromatic carbocycles. The first-order chi connectivity index (χ1) is 10.1. The zero-order chi connectivity index (χ0) is 14.8. The molecule has 3 rings (SSSR count). The molecule has 0 heterocycles. The van der Waals surface area contributed by atoms with E-state index in [0.717, 1.165) is 19.3 Å². The molecule has 0 radical (unpaired) electrons. The summed E-state index contributed by atoms with van der Waals surface area (Å²) in [7, 11) is 0. The van der Waals surface area contributed by atoms with Gasteiger partial charge in [-0.1, -0.05) is 24.3 Å². The third-order valence-electron chi connectivity index (χ3n) is 4.29. The number of benzene rings is 2. The average molecular weight is 285 g/mol. The van der Waals surface area contributed by atoms with E-state index in [-0.39, 0.29) is 17.6 Å². The zero-order valence-electron chi connectivity index (χ0n) is 12.1. The summed E-state index contributed by atoms with van der Waals surface area (Å²) in [6.45, 7) is 1.97. The van der Waals surface area contributed by atoms with Crippen LogP contribution in [0.5, 0.6) is 5.75 Å². The summed E-state index contributed by atoms with van der Waals surface area (Å²) in [5.74, 6) is -0.168. The van der Waals surface area contributed by atoms with Crippen LogP contribution in [0.15, 0.2) is 42.5 Å².